The summed E-state index contributed by atoms with van der Waals surface area (Å²) in [5.74, 6) is -0.240. The quantitative estimate of drug-likeness (QED) is 0.799. The van der Waals surface area contributed by atoms with E-state index in [1.54, 1.807) is 19.9 Å². The first-order valence-corrected chi connectivity index (χ1v) is 9.05. The molecule has 7 nitrogen and oxygen atoms in total. The second kappa shape index (κ2) is 7.43. The van der Waals surface area contributed by atoms with Crippen LogP contribution in [-0.2, 0) is 14.8 Å². The summed E-state index contributed by atoms with van der Waals surface area (Å²) in [6, 6.07) is 7.61. The molecule has 1 heterocycles. The molecule has 0 aliphatic carbocycles. The molecule has 0 fully saturated rings. The van der Waals surface area contributed by atoms with Crippen LogP contribution < -0.4 is 10.0 Å². The summed E-state index contributed by atoms with van der Waals surface area (Å²) in [7, 11) is -3.81. The molecule has 0 aliphatic rings. The summed E-state index contributed by atoms with van der Waals surface area (Å²) in [5, 5.41) is 2.66. The van der Waals surface area contributed by atoms with E-state index in [9.17, 15) is 13.2 Å². The van der Waals surface area contributed by atoms with Crippen molar-refractivity contribution in [2.24, 2.45) is 0 Å². The molecule has 132 valence electrons. The van der Waals surface area contributed by atoms with Gasteiger partial charge in [-0.25, -0.2) is 23.1 Å². The van der Waals surface area contributed by atoms with Gasteiger partial charge in [-0.3, -0.25) is 4.79 Å². The number of sulfonamides is 1. The third-order valence-electron chi connectivity index (χ3n) is 3.06. The van der Waals surface area contributed by atoms with Gasteiger partial charge in [0.1, 0.15) is 0 Å². The van der Waals surface area contributed by atoms with E-state index < -0.39 is 10.0 Å². The van der Waals surface area contributed by atoms with E-state index in [1.807, 2.05) is 13.8 Å². The van der Waals surface area contributed by atoms with Crippen molar-refractivity contribution in [3.05, 3.63) is 53.4 Å². The number of carbonyl (C=O) groups is 1. The summed E-state index contributed by atoms with van der Waals surface area (Å²) in [6.07, 6.45) is 1.46. The van der Waals surface area contributed by atoms with Crippen molar-refractivity contribution in [3.8, 4) is 0 Å². The van der Waals surface area contributed by atoms with Crippen LogP contribution >= 0.6 is 0 Å². The van der Waals surface area contributed by atoms with Gasteiger partial charge in [0.25, 0.3) is 10.0 Å². The molecule has 8 heteroatoms. The van der Waals surface area contributed by atoms with Gasteiger partial charge < -0.3 is 5.32 Å². The van der Waals surface area contributed by atoms with E-state index in [1.165, 1.54) is 30.3 Å². The third-order valence-corrected chi connectivity index (χ3v) is 4.40. The highest BCUT2D eigenvalue weighted by molar-refractivity contribution is 7.92. The minimum absolute atomic E-state index is 0.0263. The van der Waals surface area contributed by atoms with Crippen LogP contribution in [0.15, 0.2) is 46.9 Å². The maximum Gasteiger partial charge on any atom is 0.264 e. The fraction of sp³-hybridized carbons (Fsp3) is 0.235. The number of rotatable bonds is 5. The molecule has 1 aromatic carbocycles. The Hall–Kier alpha value is -2.74. The molecule has 25 heavy (non-hydrogen) atoms. The number of aryl methyl sites for hydroxylation is 2. The van der Waals surface area contributed by atoms with Crippen LogP contribution in [0.3, 0.4) is 0 Å². The second-order valence-electron chi connectivity index (χ2n) is 5.82. The number of nitrogens with zero attached hydrogens (tertiary/aromatic N) is 2. The summed E-state index contributed by atoms with van der Waals surface area (Å²) in [5.41, 5.74) is 2.71. The second-order valence-corrected chi connectivity index (χ2v) is 7.50. The average molecular weight is 360 g/mol. The molecule has 0 aliphatic heterocycles. The van der Waals surface area contributed by atoms with Crippen LogP contribution in [0.2, 0.25) is 0 Å². The summed E-state index contributed by atoms with van der Waals surface area (Å²) in [6.45, 7) is 7.15. The first-order valence-electron chi connectivity index (χ1n) is 7.57. The van der Waals surface area contributed by atoms with E-state index in [0.717, 1.165) is 5.57 Å². The van der Waals surface area contributed by atoms with Gasteiger partial charge in [0.05, 0.1) is 4.90 Å². The molecule has 0 radical (unpaired) electrons. The number of hydrogen-bond acceptors (Lipinski definition) is 5. The highest BCUT2D eigenvalue weighted by Gasteiger charge is 2.16. The molecule has 0 spiro atoms. The Morgan fingerprint density at radius 2 is 1.60 bits per heavy atom. The molecule has 2 aromatic rings. The Morgan fingerprint density at radius 1 is 1.04 bits per heavy atom. The lowest BCUT2D eigenvalue weighted by Crippen LogP contribution is -2.16. The van der Waals surface area contributed by atoms with E-state index in [2.05, 4.69) is 20.0 Å². The Morgan fingerprint density at radius 3 is 2.12 bits per heavy atom. The first kappa shape index (κ1) is 18.6. The number of hydrogen-bond donors (Lipinski definition) is 2. The van der Waals surface area contributed by atoms with Gasteiger partial charge in [-0.1, -0.05) is 5.57 Å². The van der Waals surface area contributed by atoms with Gasteiger partial charge in [0.15, 0.2) is 0 Å². The first-order chi connectivity index (χ1) is 11.7. The van der Waals surface area contributed by atoms with Gasteiger partial charge in [-0.2, -0.15) is 0 Å². The smallest absolute Gasteiger partial charge is 0.264 e. The number of amides is 1. The molecule has 2 N–H and O–H groups in total. The third kappa shape index (κ3) is 5.39. The largest absolute Gasteiger partial charge is 0.323 e. The Bertz CT molecular complexity index is 895. The predicted molar refractivity (Wildman–Crippen MR) is 96.8 cm³/mol. The highest BCUT2D eigenvalue weighted by Crippen LogP contribution is 2.17. The predicted octanol–water partition coefficient (Wildman–Crippen LogP) is 2.80. The van der Waals surface area contributed by atoms with E-state index >= 15 is 0 Å². The topological polar surface area (TPSA) is 101 Å². The van der Waals surface area contributed by atoms with E-state index in [-0.39, 0.29) is 16.8 Å². The zero-order valence-electron chi connectivity index (χ0n) is 14.5. The normalized spacial score (nSPS) is 10.9. The molecule has 0 saturated heterocycles. The number of nitrogens with one attached hydrogen (secondary N) is 2. The van der Waals surface area contributed by atoms with Gasteiger partial charge in [-0.15, -0.1) is 0 Å². The van der Waals surface area contributed by atoms with Crippen molar-refractivity contribution in [1.29, 1.82) is 0 Å². The number of aromatic nitrogens is 2. The summed E-state index contributed by atoms with van der Waals surface area (Å²) >= 11 is 0. The Kier molecular flexibility index (Phi) is 5.53. The van der Waals surface area contributed by atoms with Gasteiger partial charge >= 0.3 is 0 Å². The van der Waals surface area contributed by atoms with Gasteiger partial charge in [0.2, 0.25) is 11.9 Å². The molecule has 0 unspecified atom stereocenters. The van der Waals surface area contributed by atoms with Crippen LogP contribution in [0.1, 0.15) is 25.2 Å². The molecule has 0 saturated carbocycles. The zero-order chi connectivity index (χ0) is 18.6. The van der Waals surface area contributed by atoms with Crippen LogP contribution in [0.5, 0.6) is 0 Å². The zero-order valence-corrected chi connectivity index (χ0v) is 15.3. The van der Waals surface area contributed by atoms with E-state index in [0.29, 0.717) is 17.1 Å². The maximum absolute atomic E-state index is 12.4. The van der Waals surface area contributed by atoms with Crippen LogP contribution in [0, 0.1) is 13.8 Å². The standard InChI is InChI=1S/C17H20N4O3S/c1-11(2)9-16(22)20-14-5-7-15(8-6-14)25(23,24)21-17-18-12(3)10-13(4)19-17/h5-10H,1-4H3,(H,20,22)(H,18,19,21). The van der Waals surface area contributed by atoms with Crippen molar-refractivity contribution in [3.63, 3.8) is 0 Å². The van der Waals surface area contributed by atoms with Gasteiger partial charge in [0, 0.05) is 23.2 Å². The fourth-order valence-electron chi connectivity index (χ4n) is 2.11. The minimum Gasteiger partial charge on any atom is -0.323 e. The minimum atomic E-state index is -3.81. The number of benzene rings is 1. The molecule has 0 atom stereocenters. The Balaban J connectivity index is 2.17. The van der Waals surface area contributed by atoms with Crippen molar-refractivity contribution in [2.75, 3.05) is 10.0 Å². The van der Waals surface area contributed by atoms with Crippen molar-refractivity contribution in [2.45, 2.75) is 32.6 Å². The number of carbonyl (C=O) groups excluding carboxylic acids is 1. The van der Waals surface area contributed by atoms with Crippen molar-refractivity contribution < 1.29 is 13.2 Å². The number of anilines is 2. The molecular weight excluding hydrogens is 340 g/mol. The van der Waals surface area contributed by atoms with Gasteiger partial charge in [-0.05, 0) is 58.0 Å². The summed E-state index contributed by atoms with van der Waals surface area (Å²) in [4.78, 5) is 19.9. The molecule has 1 aromatic heterocycles. The maximum atomic E-state index is 12.4. The number of allylic oxidation sites excluding steroid dienone is 1. The Labute approximate surface area is 147 Å². The lowest BCUT2D eigenvalue weighted by Gasteiger charge is -2.09. The van der Waals surface area contributed by atoms with Crippen LogP contribution in [0.25, 0.3) is 0 Å². The van der Waals surface area contributed by atoms with Crippen LogP contribution in [-0.4, -0.2) is 24.3 Å². The van der Waals surface area contributed by atoms with E-state index in [4.69, 9.17) is 0 Å². The fourth-order valence-corrected chi connectivity index (χ4v) is 3.05. The highest BCUT2D eigenvalue weighted by atomic mass is 32.2. The monoisotopic (exact) mass is 360 g/mol. The average Bonchev–Trinajstić information content (AvgIpc) is 2.45. The SMILES string of the molecule is CC(C)=CC(=O)Nc1ccc(S(=O)(=O)Nc2nc(C)cc(C)n2)cc1. The van der Waals surface area contributed by atoms with Crippen LogP contribution in [0.4, 0.5) is 11.6 Å². The molecule has 1 amide bonds. The van der Waals surface area contributed by atoms with Crippen molar-refractivity contribution >= 4 is 27.6 Å². The molecular formula is C17H20N4O3S. The lowest BCUT2D eigenvalue weighted by atomic mass is 10.3. The lowest BCUT2D eigenvalue weighted by molar-refractivity contribution is -0.111. The summed E-state index contributed by atoms with van der Waals surface area (Å²) < 4.78 is 27.2. The molecule has 2 rings (SSSR count). The molecule has 0 bridgehead atoms. The van der Waals surface area contributed by atoms with Crippen molar-refractivity contribution in [1.82, 2.24) is 9.97 Å².